The third kappa shape index (κ3) is 6.23. The number of nitrogens with zero attached hydrogens (tertiary/aromatic N) is 1. The molecule has 0 spiro atoms. The summed E-state index contributed by atoms with van der Waals surface area (Å²) in [6.45, 7) is 14.8. The third-order valence-corrected chi connectivity index (χ3v) is 2.79. The van der Waals surface area contributed by atoms with Crippen LogP contribution in [0.1, 0.15) is 53.4 Å². The van der Waals surface area contributed by atoms with Crippen molar-refractivity contribution in [3.63, 3.8) is 0 Å². The van der Waals surface area contributed by atoms with Crippen molar-refractivity contribution in [2.45, 2.75) is 53.4 Å². The largest absolute Gasteiger partial charge is 1.00 e. The first kappa shape index (κ1) is 17.1. The first-order chi connectivity index (χ1) is 6.24. The molecular formula is C12H28IN. The molecule has 0 bridgehead atoms. The number of halogens is 1. The van der Waals surface area contributed by atoms with Gasteiger partial charge in [0.15, 0.2) is 0 Å². The molecule has 14 heavy (non-hydrogen) atoms. The van der Waals surface area contributed by atoms with Crippen LogP contribution in [0.25, 0.3) is 0 Å². The van der Waals surface area contributed by atoms with Crippen molar-refractivity contribution in [1.82, 2.24) is 0 Å². The van der Waals surface area contributed by atoms with Gasteiger partial charge in [-0.3, -0.25) is 0 Å². The molecule has 0 aromatic heterocycles. The molecule has 0 saturated carbocycles. The van der Waals surface area contributed by atoms with Crippen LogP contribution in [0.5, 0.6) is 0 Å². The average molecular weight is 313 g/mol. The van der Waals surface area contributed by atoms with Gasteiger partial charge in [0.1, 0.15) is 0 Å². The van der Waals surface area contributed by atoms with Crippen LogP contribution < -0.4 is 24.0 Å². The molecule has 0 atom stereocenters. The second kappa shape index (κ2) is 10.2. The van der Waals surface area contributed by atoms with Gasteiger partial charge >= 0.3 is 0 Å². The molecule has 0 aliphatic heterocycles. The van der Waals surface area contributed by atoms with Crippen LogP contribution in [0.4, 0.5) is 0 Å². The Hall–Kier alpha value is 0.690. The predicted octanol–water partition coefficient (Wildman–Crippen LogP) is 0.447. The second-order valence-electron chi connectivity index (χ2n) is 4.24. The summed E-state index contributed by atoms with van der Waals surface area (Å²) >= 11 is 0. The van der Waals surface area contributed by atoms with Crippen LogP contribution in [0, 0.1) is 0 Å². The van der Waals surface area contributed by atoms with E-state index in [1.54, 1.807) is 0 Å². The van der Waals surface area contributed by atoms with E-state index in [0.29, 0.717) is 0 Å². The van der Waals surface area contributed by atoms with Crippen molar-refractivity contribution in [3.8, 4) is 0 Å². The fourth-order valence-corrected chi connectivity index (χ4v) is 2.57. The second-order valence-corrected chi connectivity index (χ2v) is 4.24. The van der Waals surface area contributed by atoms with Gasteiger partial charge in [-0.1, -0.05) is 27.7 Å². The molecule has 0 rings (SSSR count). The molecule has 0 amide bonds. The normalized spacial score (nSPS) is 11.1. The van der Waals surface area contributed by atoms with Crippen LogP contribution in [0.15, 0.2) is 0 Å². The quantitative estimate of drug-likeness (QED) is 0.451. The van der Waals surface area contributed by atoms with Gasteiger partial charge in [-0.15, -0.1) is 0 Å². The zero-order valence-corrected chi connectivity index (χ0v) is 12.6. The van der Waals surface area contributed by atoms with Crippen LogP contribution >= 0.6 is 0 Å². The molecule has 0 unspecified atom stereocenters. The van der Waals surface area contributed by atoms with Crippen LogP contribution in [-0.4, -0.2) is 30.7 Å². The Morgan fingerprint density at radius 3 is 0.929 bits per heavy atom. The van der Waals surface area contributed by atoms with E-state index in [1.807, 2.05) is 0 Å². The number of hydrogen-bond acceptors (Lipinski definition) is 0. The highest BCUT2D eigenvalue weighted by atomic mass is 127. The van der Waals surface area contributed by atoms with E-state index < -0.39 is 0 Å². The topological polar surface area (TPSA) is 0 Å². The van der Waals surface area contributed by atoms with Gasteiger partial charge in [-0.05, 0) is 25.7 Å². The molecule has 2 heteroatoms. The maximum Gasteiger partial charge on any atom is 0.0783 e. The van der Waals surface area contributed by atoms with E-state index >= 15 is 0 Å². The van der Waals surface area contributed by atoms with Crippen molar-refractivity contribution in [2.24, 2.45) is 0 Å². The van der Waals surface area contributed by atoms with E-state index in [1.165, 1.54) is 56.3 Å². The Labute approximate surface area is 108 Å². The Bertz CT molecular complexity index is 85.4. The van der Waals surface area contributed by atoms with Crippen LogP contribution in [0.3, 0.4) is 0 Å². The fourth-order valence-electron chi connectivity index (χ4n) is 2.57. The molecule has 0 aliphatic carbocycles. The molecule has 0 radical (unpaired) electrons. The van der Waals surface area contributed by atoms with Crippen LogP contribution in [0.2, 0.25) is 0 Å². The Balaban J connectivity index is 0. The molecule has 0 N–H and O–H groups in total. The maximum atomic E-state index is 2.31. The van der Waals surface area contributed by atoms with Crippen molar-refractivity contribution < 1.29 is 28.5 Å². The Morgan fingerprint density at radius 1 is 0.571 bits per heavy atom. The predicted molar refractivity (Wildman–Crippen MR) is 60.9 cm³/mol. The molecular weight excluding hydrogens is 285 g/mol. The zero-order valence-electron chi connectivity index (χ0n) is 10.5. The third-order valence-electron chi connectivity index (χ3n) is 2.79. The molecule has 0 aromatic carbocycles. The molecule has 88 valence electrons. The van der Waals surface area contributed by atoms with E-state index in [-0.39, 0.29) is 24.0 Å². The van der Waals surface area contributed by atoms with E-state index in [4.69, 9.17) is 0 Å². The lowest BCUT2D eigenvalue weighted by Gasteiger charge is -2.38. The Kier molecular flexibility index (Phi) is 12.5. The highest BCUT2D eigenvalue weighted by Crippen LogP contribution is 2.12. The lowest BCUT2D eigenvalue weighted by Crippen LogP contribution is -3.00. The summed E-state index contributed by atoms with van der Waals surface area (Å²) in [4.78, 5) is 0. The molecule has 0 aromatic rings. The zero-order chi connectivity index (χ0) is 10.2. The summed E-state index contributed by atoms with van der Waals surface area (Å²) in [7, 11) is 0. The minimum atomic E-state index is 0. The SMILES string of the molecule is CCC[N+](CCC)(CCC)CCC.[I-]. The minimum absolute atomic E-state index is 0. The lowest BCUT2D eigenvalue weighted by molar-refractivity contribution is -0.928. The first-order valence-electron chi connectivity index (χ1n) is 6.09. The molecule has 1 nitrogen and oxygen atoms in total. The summed E-state index contributed by atoms with van der Waals surface area (Å²) in [6, 6.07) is 0. The van der Waals surface area contributed by atoms with E-state index in [9.17, 15) is 0 Å². The number of rotatable bonds is 8. The van der Waals surface area contributed by atoms with Crippen molar-refractivity contribution in [3.05, 3.63) is 0 Å². The summed E-state index contributed by atoms with van der Waals surface area (Å²) in [5, 5.41) is 0. The summed E-state index contributed by atoms with van der Waals surface area (Å²) in [5.41, 5.74) is 0. The highest BCUT2D eigenvalue weighted by Gasteiger charge is 2.22. The van der Waals surface area contributed by atoms with Crippen LogP contribution in [-0.2, 0) is 0 Å². The van der Waals surface area contributed by atoms with Gasteiger partial charge in [-0.25, -0.2) is 0 Å². The maximum absolute atomic E-state index is 2.31. The summed E-state index contributed by atoms with van der Waals surface area (Å²) in [6.07, 6.45) is 5.33. The van der Waals surface area contributed by atoms with Gasteiger partial charge in [0.05, 0.1) is 26.2 Å². The molecule has 0 aliphatic rings. The lowest BCUT2D eigenvalue weighted by atomic mass is 10.2. The fraction of sp³-hybridized carbons (Fsp3) is 1.00. The highest BCUT2D eigenvalue weighted by molar-refractivity contribution is 4.43. The smallest absolute Gasteiger partial charge is 0.0783 e. The van der Waals surface area contributed by atoms with Gasteiger partial charge in [-0.2, -0.15) is 0 Å². The van der Waals surface area contributed by atoms with Gasteiger partial charge in [0.2, 0.25) is 0 Å². The average Bonchev–Trinajstić information content (AvgIpc) is 2.06. The minimum Gasteiger partial charge on any atom is -1.00 e. The standard InChI is InChI=1S/C12H28N.HI/c1-5-9-13(10-6-2,11-7-3)12-8-4;/h5-12H2,1-4H3;1H/q+1;/p-1. The Morgan fingerprint density at radius 2 is 0.786 bits per heavy atom. The number of quaternary nitrogens is 1. The van der Waals surface area contributed by atoms with Gasteiger partial charge in [0, 0.05) is 0 Å². The summed E-state index contributed by atoms with van der Waals surface area (Å²) in [5.74, 6) is 0. The first-order valence-corrected chi connectivity index (χ1v) is 6.09. The van der Waals surface area contributed by atoms with Crippen molar-refractivity contribution in [2.75, 3.05) is 26.2 Å². The molecule has 0 saturated heterocycles. The monoisotopic (exact) mass is 313 g/mol. The van der Waals surface area contributed by atoms with Crippen molar-refractivity contribution in [1.29, 1.82) is 0 Å². The van der Waals surface area contributed by atoms with Gasteiger partial charge < -0.3 is 28.5 Å². The number of hydrogen-bond donors (Lipinski definition) is 0. The summed E-state index contributed by atoms with van der Waals surface area (Å²) < 4.78 is 1.38. The molecule has 0 fully saturated rings. The molecule has 0 heterocycles. The van der Waals surface area contributed by atoms with Crippen molar-refractivity contribution >= 4 is 0 Å². The van der Waals surface area contributed by atoms with E-state index in [0.717, 1.165) is 0 Å². The van der Waals surface area contributed by atoms with Gasteiger partial charge in [0.25, 0.3) is 0 Å². The van der Waals surface area contributed by atoms with E-state index in [2.05, 4.69) is 27.7 Å².